The number of nitrogens with zero attached hydrogens (tertiary/aromatic N) is 2. The van der Waals surface area contributed by atoms with Crippen LogP contribution in [-0.2, 0) is 4.79 Å². The van der Waals surface area contributed by atoms with Crippen molar-refractivity contribution in [1.82, 2.24) is 9.80 Å². The highest BCUT2D eigenvalue weighted by Gasteiger charge is 2.50. The van der Waals surface area contributed by atoms with E-state index in [0.29, 0.717) is 6.54 Å². The monoisotopic (exact) mass is 227 g/mol. The molecule has 0 atom stereocenters. The first-order valence-corrected chi connectivity index (χ1v) is 6.20. The van der Waals surface area contributed by atoms with Crippen molar-refractivity contribution in [2.45, 2.75) is 26.2 Å². The average Bonchev–Trinajstić information content (AvgIpc) is 3.04. The van der Waals surface area contributed by atoms with Gasteiger partial charge in [-0.2, -0.15) is 0 Å². The van der Waals surface area contributed by atoms with Gasteiger partial charge in [0.15, 0.2) is 0 Å². The molecule has 0 unspecified atom stereocenters. The fourth-order valence-corrected chi connectivity index (χ4v) is 1.90. The number of likely N-dealkylation sites (N-methyl/N-ethyl adjacent to an activating group) is 1. The van der Waals surface area contributed by atoms with Crippen LogP contribution in [-0.4, -0.2) is 56.0 Å². The van der Waals surface area contributed by atoms with Crippen molar-refractivity contribution in [3.05, 3.63) is 0 Å². The smallest absolute Gasteiger partial charge is 0.230 e. The Bertz CT molecular complexity index is 236. The number of hydrogen-bond acceptors (Lipinski definition) is 3. The molecule has 1 aliphatic rings. The lowest BCUT2D eigenvalue weighted by molar-refractivity contribution is -0.136. The third-order valence-corrected chi connectivity index (χ3v) is 3.30. The summed E-state index contributed by atoms with van der Waals surface area (Å²) in [6.45, 7) is 5.22. The van der Waals surface area contributed by atoms with Gasteiger partial charge in [-0.15, -0.1) is 0 Å². The summed E-state index contributed by atoms with van der Waals surface area (Å²) >= 11 is 0. The summed E-state index contributed by atoms with van der Waals surface area (Å²) in [7, 11) is 4.06. The van der Waals surface area contributed by atoms with Crippen molar-refractivity contribution < 1.29 is 4.79 Å². The summed E-state index contributed by atoms with van der Waals surface area (Å²) < 4.78 is 0. The van der Waals surface area contributed by atoms with Crippen LogP contribution in [0.15, 0.2) is 0 Å². The summed E-state index contributed by atoms with van der Waals surface area (Å²) in [6.07, 6.45) is 2.97. The molecule has 0 aliphatic heterocycles. The fraction of sp³-hybridized carbons (Fsp3) is 0.917. The van der Waals surface area contributed by atoms with E-state index in [1.807, 2.05) is 19.0 Å². The van der Waals surface area contributed by atoms with E-state index in [1.165, 1.54) is 0 Å². The summed E-state index contributed by atoms with van der Waals surface area (Å²) in [5.41, 5.74) is 5.51. The second-order valence-corrected chi connectivity index (χ2v) is 5.08. The molecule has 1 fully saturated rings. The second-order valence-electron chi connectivity index (χ2n) is 5.08. The van der Waals surface area contributed by atoms with E-state index in [1.54, 1.807) is 0 Å². The topological polar surface area (TPSA) is 49.6 Å². The Morgan fingerprint density at radius 1 is 1.25 bits per heavy atom. The maximum atomic E-state index is 12.3. The van der Waals surface area contributed by atoms with Crippen LogP contribution in [0.5, 0.6) is 0 Å². The van der Waals surface area contributed by atoms with Crippen LogP contribution in [0.2, 0.25) is 0 Å². The molecule has 0 saturated heterocycles. The molecule has 2 N–H and O–H groups in total. The predicted octanol–water partition coefficient (Wildman–Crippen LogP) is 0.526. The van der Waals surface area contributed by atoms with Crippen molar-refractivity contribution >= 4 is 5.91 Å². The Morgan fingerprint density at radius 2 is 1.88 bits per heavy atom. The molecule has 16 heavy (non-hydrogen) atoms. The Morgan fingerprint density at radius 3 is 2.25 bits per heavy atom. The number of hydrogen-bond donors (Lipinski definition) is 1. The van der Waals surface area contributed by atoms with Gasteiger partial charge in [-0.1, -0.05) is 6.92 Å². The van der Waals surface area contributed by atoms with Crippen LogP contribution in [0.3, 0.4) is 0 Å². The highest BCUT2D eigenvalue weighted by atomic mass is 16.2. The third-order valence-electron chi connectivity index (χ3n) is 3.30. The van der Waals surface area contributed by atoms with Crippen LogP contribution in [0, 0.1) is 5.41 Å². The Labute approximate surface area is 98.8 Å². The lowest BCUT2D eigenvalue weighted by Crippen LogP contribution is -2.43. The Balaban J connectivity index is 2.52. The minimum absolute atomic E-state index is 0.193. The average molecular weight is 227 g/mol. The first-order valence-electron chi connectivity index (χ1n) is 6.20. The summed E-state index contributed by atoms with van der Waals surface area (Å²) in [5, 5.41) is 0. The first-order chi connectivity index (χ1) is 7.55. The molecule has 0 aromatic heterocycles. The second kappa shape index (κ2) is 5.64. The molecule has 4 heteroatoms. The molecule has 4 nitrogen and oxygen atoms in total. The summed E-state index contributed by atoms with van der Waals surface area (Å²) in [6, 6.07) is 0. The van der Waals surface area contributed by atoms with Crippen molar-refractivity contribution in [2.75, 3.05) is 40.3 Å². The van der Waals surface area contributed by atoms with E-state index in [9.17, 15) is 4.79 Å². The van der Waals surface area contributed by atoms with Gasteiger partial charge in [-0.05, 0) is 33.4 Å². The molecular formula is C12H25N3O. The minimum Gasteiger partial charge on any atom is -0.341 e. The highest BCUT2D eigenvalue weighted by Crippen LogP contribution is 2.46. The largest absolute Gasteiger partial charge is 0.341 e. The quantitative estimate of drug-likeness (QED) is 0.690. The van der Waals surface area contributed by atoms with Crippen LogP contribution in [0.25, 0.3) is 0 Å². The van der Waals surface area contributed by atoms with E-state index in [4.69, 9.17) is 5.73 Å². The first kappa shape index (κ1) is 13.5. The lowest BCUT2D eigenvalue weighted by Gasteiger charge is -2.27. The number of rotatable bonds is 7. The van der Waals surface area contributed by atoms with Gasteiger partial charge >= 0.3 is 0 Å². The zero-order valence-electron chi connectivity index (χ0n) is 10.8. The minimum atomic E-state index is -0.193. The van der Waals surface area contributed by atoms with Gasteiger partial charge < -0.3 is 15.5 Å². The van der Waals surface area contributed by atoms with Gasteiger partial charge in [0.2, 0.25) is 5.91 Å². The molecular weight excluding hydrogens is 202 g/mol. The number of nitrogens with two attached hydrogens (primary N) is 1. The van der Waals surface area contributed by atoms with Crippen molar-refractivity contribution in [3.63, 3.8) is 0 Å². The molecule has 0 radical (unpaired) electrons. The maximum absolute atomic E-state index is 12.3. The molecule has 0 aromatic carbocycles. The zero-order chi connectivity index (χ0) is 12.2. The Hall–Kier alpha value is -0.610. The van der Waals surface area contributed by atoms with Gasteiger partial charge in [-0.25, -0.2) is 0 Å². The van der Waals surface area contributed by atoms with E-state index in [0.717, 1.165) is 38.9 Å². The number of amides is 1. The predicted molar refractivity (Wildman–Crippen MR) is 66.1 cm³/mol. The molecule has 0 aromatic rings. The van der Waals surface area contributed by atoms with Crippen molar-refractivity contribution in [1.29, 1.82) is 0 Å². The number of carbonyl (C=O) groups is 1. The number of carbonyl (C=O) groups excluding carboxylic acids is 1. The molecule has 1 aliphatic carbocycles. The molecule has 94 valence electrons. The third kappa shape index (κ3) is 3.19. The van der Waals surface area contributed by atoms with Gasteiger partial charge in [0, 0.05) is 26.2 Å². The van der Waals surface area contributed by atoms with Crippen LogP contribution in [0.1, 0.15) is 26.2 Å². The standard InChI is InChI=1S/C12H25N3O/c1-4-7-15(9-8-14(2)3)11(16)12(10-13)5-6-12/h4-10,13H2,1-3H3. The maximum Gasteiger partial charge on any atom is 0.230 e. The molecule has 0 spiro atoms. The SMILES string of the molecule is CCCN(CCN(C)C)C(=O)C1(CN)CC1. The molecule has 1 saturated carbocycles. The van der Waals surface area contributed by atoms with E-state index in [2.05, 4.69) is 11.8 Å². The Kier molecular flexibility index (Phi) is 4.74. The van der Waals surface area contributed by atoms with Crippen molar-refractivity contribution in [3.8, 4) is 0 Å². The summed E-state index contributed by atoms with van der Waals surface area (Å²) in [5.74, 6) is 0.277. The lowest BCUT2D eigenvalue weighted by atomic mass is 10.1. The normalized spacial score (nSPS) is 17.6. The van der Waals surface area contributed by atoms with Gasteiger partial charge in [0.1, 0.15) is 0 Å². The zero-order valence-corrected chi connectivity index (χ0v) is 10.8. The molecule has 0 heterocycles. The van der Waals surface area contributed by atoms with E-state index >= 15 is 0 Å². The van der Waals surface area contributed by atoms with Gasteiger partial charge in [0.05, 0.1) is 5.41 Å². The fourth-order valence-electron chi connectivity index (χ4n) is 1.90. The van der Waals surface area contributed by atoms with Crippen LogP contribution >= 0.6 is 0 Å². The highest BCUT2D eigenvalue weighted by molar-refractivity contribution is 5.85. The molecule has 1 rings (SSSR count). The van der Waals surface area contributed by atoms with Gasteiger partial charge in [-0.3, -0.25) is 4.79 Å². The molecule has 0 bridgehead atoms. The molecule has 1 amide bonds. The van der Waals surface area contributed by atoms with Crippen LogP contribution < -0.4 is 5.73 Å². The summed E-state index contributed by atoms with van der Waals surface area (Å²) in [4.78, 5) is 16.4. The van der Waals surface area contributed by atoms with Crippen LogP contribution in [0.4, 0.5) is 0 Å². The van der Waals surface area contributed by atoms with E-state index in [-0.39, 0.29) is 11.3 Å². The van der Waals surface area contributed by atoms with Gasteiger partial charge in [0.25, 0.3) is 0 Å². The van der Waals surface area contributed by atoms with Crippen molar-refractivity contribution in [2.24, 2.45) is 11.1 Å². The van der Waals surface area contributed by atoms with E-state index < -0.39 is 0 Å².